The molecule has 2 heterocycles. The number of amides is 1. The Morgan fingerprint density at radius 1 is 1.15 bits per heavy atom. The van der Waals surface area contributed by atoms with Crippen molar-refractivity contribution >= 4 is 29.3 Å². The van der Waals surface area contributed by atoms with Crippen molar-refractivity contribution in [3.8, 4) is 11.3 Å². The van der Waals surface area contributed by atoms with Gasteiger partial charge in [-0.2, -0.15) is 5.10 Å². The van der Waals surface area contributed by atoms with Crippen LogP contribution in [0.3, 0.4) is 0 Å². The number of likely N-dealkylation sites (tertiary alicyclic amines) is 1. The summed E-state index contributed by atoms with van der Waals surface area (Å²) in [6.07, 6.45) is 1.50. The minimum Gasteiger partial charge on any atom is -0.444 e. The molecule has 140 valence electrons. The molecule has 1 aliphatic rings. The number of ether oxygens (including phenoxy) is 1. The van der Waals surface area contributed by atoms with Crippen LogP contribution in [0, 0.1) is 0 Å². The molecule has 1 aromatic heterocycles. The molecule has 0 atom stereocenters. The molecule has 7 heteroatoms. The number of aromatic amines is 1. The quantitative estimate of drug-likeness (QED) is 0.730. The van der Waals surface area contributed by atoms with Crippen LogP contribution in [0.5, 0.6) is 0 Å². The number of hydrogen-bond donors (Lipinski definition) is 1. The largest absolute Gasteiger partial charge is 0.444 e. The van der Waals surface area contributed by atoms with E-state index in [1.165, 1.54) is 0 Å². The van der Waals surface area contributed by atoms with E-state index in [2.05, 4.69) is 10.2 Å². The van der Waals surface area contributed by atoms with Gasteiger partial charge in [0.1, 0.15) is 5.60 Å². The third-order valence-corrected chi connectivity index (χ3v) is 4.78. The van der Waals surface area contributed by atoms with Crippen molar-refractivity contribution in [2.75, 3.05) is 13.1 Å². The normalized spacial score (nSPS) is 16.0. The molecule has 2 aromatic rings. The first-order chi connectivity index (χ1) is 12.2. The summed E-state index contributed by atoms with van der Waals surface area (Å²) in [4.78, 5) is 13.9. The van der Waals surface area contributed by atoms with Crippen molar-refractivity contribution in [1.29, 1.82) is 0 Å². The monoisotopic (exact) mass is 395 g/mol. The minimum absolute atomic E-state index is 0.241. The van der Waals surface area contributed by atoms with Gasteiger partial charge in [-0.3, -0.25) is 5.10 Å². The molecule has 0 saturated carbocycles. The fourth-order valence-electron chi connectivity index (χ4n) is 3.09. The average Bonchev–Trinajstić information content (AvgIpc) is 3.02. The van der Waals surface area contributed by atoms with E-state index in [4.69, 9.17) is 27.9 Å². The van der Waals surface area contributed by atoms with Crippen molar-refractivity contribution in [3.63, 3.8) is 0 Å². The van der Waals surface area contributed by atoms with Crippen LogP contribution in [-0.2, 0) is 4.74 Å². The van der Waals surface area contributed by atoms with Gasteiger partial charge in [-0.05, 0) is 57.9 Å². The topological polar surface area (TPSA) is 58.2 Å². The third-order valence-electron chi connectivity index (χ3n) is 4.34. The van der Waals surface area contributed by atoms with Crippen LogP contribution >= 0.6 is 23.2 Å². The Morgan fingerprint density at radius 2 is 1.77 bits per heavy atom. The summed E-state index contributed by atoms with van der Waals surface area (Å²) in [5.41, 5.74) is 2.31. The number of carbonyl (C=O) groups excluding carboxylic acids is 1. The summed E-state index contributed by atoms with van der Waals surface area (Å²) < 4.78 is 5.44. The molecule has 0 bridgehead atoms. The van der Waals surface area contributed by atoms with Crippen molar-refractivity contribution in [3.05, 3.63) is 40.0 Å². The molecule has 0 aliphatic carbocycles. The molecule has 1 amide bonds. The first-order valence-electron chi connectivity index (χ1n) is 8.71. The van der Waals surface area contributed by atoms with Gasteiger partial charge >= 0.3 is 6.09 Å². The lowest BCUT2D eigenvalue weighted by molar-refractivity contribution is 0.0204. The third kappa shape index (κ3) is 4.71. The number of nitrogens with zero attached hydrogens (tertiary/aromatic N) is 2. The lowest BCUT2D eigenvalue weighted by atomic mass is 9.93. The van der Waals surface area contributed by atoms with Crippen molar-refractivity contribution in [1.82, 2.24) is 15.1 Å². The number of rotatable bonds is 2. The number of benzene rings is 1. The van der Waals surface area contributed by atoms with Gasteiger partial charge in [-0.15, -0.1) is 0 Å². The van der Waals surface area contributed by atoms with E-state index in [1.807, 2.05) is 39.0 Å². The number of carbonyl (C=O) groups is 1. The minimum atomic E-state index is -0.468. The first-order valence-corrected chi connectivity index (χ1v) is 9.46. The highest BCUT2D eigenvalue weighted by Gasteiger charge is 2.28. The fourth-order valence-corrected chi connectivity index (χ4v) is 3.62. The van der Waals surface area contributed by atoms with E-state index < -0.39 is 5.60 Å². The number of aromatic nitrogens is 2. The van der Waals surface area contributed by atoms with E-state index in [9.17, 15) is 4.79 Å². The van der Waals surface area contributed by atoms with Gasteiger partial charge in [-0.1, -0.05) is 23.2 Å². The zero-order valence-corrected chi connectivity index (χ0v) is 16.7. The maximum absolute atomic E-state index is 12.2. The predicted octanol–water partition coefficient (Wildman–Crippen LogP) is 5.50. The maximum atomic E-state index is 12.2. The number of halogens is 2. The Morgan fingerprint density at radius 3 is 2.35 bits per heavy atom. The Bertz CT molecular complexity index is 770. The van der Waals surface area contributed by atoms with E-state index in [0.717, 1.165) is 29.8 Å². The molecular formula is C19H23Cl2N3O2. The van der Waals surface area contributed by atoms with E-state index in [1.54, 1.807) is 11.0 Å². The summed E-state index contributed by atoms with van der Waals surface area (Å²) in [5, 5.41) is 8.69. The number of nitrogens with one attached hydrogen (secondary N) is 1. The molecule has 3 rings (SSSR count). The fraction of sp³-hybridized carbons (Fsp3) is 0.474. The van der Waals surface area contributed by atoms with Gasteiger partial charge in [0.2, 0.25) is 0 Å². The van der Waals surface area contributed by atoms with Gasteiger partial charge in [0.15, 0.2) is 0 Å². The Labute approximate surface area is 163 Å². The van der Waals surface area contributed by atoms with Crippen molar-refractivity contribution < 1.29 is 9.53 Å². The highest BCUT2D eigenvalue weighted by Crippen LogP contribution is 2.31. The molecule has 0 unspecified atom stereocenters. The van der Waals surface area contributed by atoms with Crippen LogP contribution in [0.2, 0.25) is 10.0 Å². The van der Waals surface area contributed by atoms with Gasteiger partial charge in [0.25, 0.3) is 0 Å². The lowest BCUT2D eigenvalue weighted by Crippen LogP contribution is -2.41. The number of hydrogen-bond acceptors (Lipinski definition) is 3. The second-order valence-electron chi connectivity index (χ2n) is 7.61. The Hall–Kier alpha value is -1.72. The molecular weight excluding hydrogens is 373 g/mol. The highest BCUT2D eigenvalue weighted by atomic mass is 35.5. The number of piperidine rings is 1. The molecule has 1 aliphatic heterocycles. The van der Waals surface area contributed by atoms with Crippen LogP contribution in [-0.4, -0.2) is 39.9 Å². The van der Waals surface area contributed by atoms with E-state index >= 15 is 0 Å². The summed E-state index contributed by atoms with van der Waals surface area (Å²) in [7, 11) is 0. The molecule has 5 nitrogen and oxygen atoms in total. The predicted molar refractivity (Wildman–Crippen MR) is 104 cm³/mol. The molecule has 0 spiro atoms. The standard InChI is InChI=1S/C19H23Cl2N3O2/c1-19(2,3)26-18(25)24-6-4-12(5-7-24)16-11-17(23-22-16)13-8-14(20)10-15(21)9-13/h8-12H,4-7H2,1-3H3,(H,22,23). The molecule has 1 aromatic carbocycles. The van der Waals surface area contributed by atoms with Crippen LogP contribution in [0.25, 0.3) is 11.3 Å². The van der Waals surface area contributed by atoms with Crippen molar-refractivity contribution in [2.45, 2.75) is 45.1 Å². The summed E-state index contributed by atoms with van der Waals surface area (Å²) in [6, 6.07) is 7.43. The SMILES string of the molecule is CC(C)(C)OC(=O)N1CCC(c2cc(-c3cc(Cl)cc(Cl)c3)n[nH]2)CC1. The molecule has 0 radical (unpaired) electrons. The second kappa shape index (κ2) is 7.49. The second-order valence-corrected chi connectivity index (χ2v) is 8.48. The van der Waals surface area contributed by atoms with Gasteiger partial charge in [0, 0.05) is 40.3 Å². The zero-order valence-electron chi connectivity index (χ0n) is 15.2. The molecule has 1 fully saturated rings. The first kappa shape index (κ1) is 19.1. The van der Waals surface area contributed by atoms with Gasteiger partial charge in [-0.25, -0.2) is 4.79 Å². The Balaban J connectivity index is 1.64. The summed E-state index contributed by atoms with van der Waals surface area (Å²) >= 11 is 12.2. The number of H-pyrrole nitrogens is 1. The van der Waals surface area contributed by atoms with Crippen molar-refractivity contribution in [2.24, 2.45) is 0 Å². The molecule has 1 saturated heterocycles. The van der Waals surface area contributed by atoms with E-state index in [0.29, 0.717) is 29.1 Å². The average molecular weight is 396 g/mol. The van der Waals surface area contributed by atoms with Crippen LogP contribution < -0.4 is 0 Å². The summed E-state index contributed by atoms with van der Waals surface area (Å²) in [6.45, 7) is 7.00. The molecule has 1 N–H and O–H groups in total. The highest BCUT2D eigenvalue weighted by molar-refractivity contribution is 6.35. The lowest BCUT2D eigenvalue weighted by Gasteiger charge is -2.33. The van der Waals surface area contributed by atoms with Crippen LogP contribution in [0.15, 0.2) is 24.3 Å². The smallest absolute Gasteiger partial charge is 0.410 e. The Kier molecular flexibility index (Phi) is 5.49. The van der Waals surface area contributed by atoms with E-state index in [-0.39, 0.29) is 6.09 Å². The van der Waals surface area contributed by atoms with Gasteiger partial charge < -0.3 is 9.64 Å². The maximum Gasteiger partial charge on any atom is 0.410 e. The van der Waals surface area contributed by atoms with Crippen LogP contribution in [0.1, 0.15) is 45.2 Å². The van der Waals surface area contributed by atoms with Gasteiger partial charge in [0.05, 0.1) is 5.69 Å². The summed E-state index contributed by atoms with van der Waals surface area (Å²) in [5.74, 6) is 0.338. The zero-order chi connectivity index (χ0) is 18.9. The molecule has 26 heavy (non-hydrogen) atoms. The van der Waals surface area contributed by atoms with Crippen LogP contribution in [0.4, 0.5) is 4.79 Å².